The maximum absolute atomic E-state index is 3.98. The zero-order valence-electron chi connectivity index (χ0n) is 12.6. The van der Waals surface area contributed by atoms with Crippen LogP contribution in [-0.4, -0.2) is 4.98 Å². The van der Waals surface area contributed by atoms with Crippen molar-refractivity contribution in [3.8, 4) is 0 Å². The normalized spacial score (nSPS) is 7.44. The number of hydrogen-bond acceptors (Lipinski definition) is 1. The van der Waals surface area contributed by atoms with E-state index in [4.69, 9.17) is 0 Å². The van der Waals surface area contributed by atoms with Gasteiger partial charge in [-0.05, 0) is 26.0 Å². The summed E-state index contributed by atoms with van der Waals surface area (Å²) in [6, 6.07) is 16.1. The lowest BCUT2D eigenvalue weighted by Gasteiger charge is -1.82. The predicted molar refractivity (Wildman–Crippen MR) is 82.8 cm³/mol. The van der Waals surface area contributed by atoms with Gasteiger partial charge in [0.25, 0.3) is 0 Å². The van der Waals surface area contributed by atoms with Crippen LogP contribution in [0.4, 0.5) is 0 Å². The minimum atomic E-state index is 1.07. The van der Waals surface area contributed by atoms with Gasteiger partial charge in [-0.15, -0.1) is 0 Å². The van der Waals surface area contributed by atoms with Crippen LogP contribution in [0.1, 0.15) is 39.0 Å². The number of nitrogens with zero attached hydrogens (tertiary/aromatic N) is 1. The average molecular weight is 245 g/mol. The summed E-state index contributed by atoms with van der Waals surface area (Å²) >= 11 is 0. The first kappa shape index (κ1) is 18.7. The van der Waals surface area contributed by atoms with Crippen molar-refractivity contribution < 1.29 is 0 Å². The Hall–Kier alpha value is -1.63. The third kappa shape index (κ3) is 12.4. The van der Waals surface area contributed by atoms with Gasteiger partial charge in [-0.25, -0.2) is 0 Å². The van der Waals surface area contributed by atoms with Crippen LogP contribution in [0.15, 0.2) is 54.7 Å². The summed E-state index contributed by atoms with van der Waals surface area (Å²) in [5.74, 6) is 0. The van der Waals surface area contributed by atoms with E-state index in [1.807, 2.05) is 71.0 Å². The lowest BCUT2D eigenvalue weighted by Crippen LogP contribution is -1.72. The molecule has 0 atom stereocenters. The fraction of sp³-hybridized carbons (Fsp3) is 0.353. The van der Waals surface area contributed by atoms with Crippen molar-refractivity contribution in [1.29, 1.82) is 0 Å². The molecule has 1 aromatic heterocycles. The second-order valence-electron chi connectivity index (χ2n) is 3.13. The van der Waals surface area contributed by atoms with Gasteiger partial charge in [-0.2, -0.15) is 0 Å². The Morgan fingerprint density at radius 2 is 1.17 bits per heavy atom. The molecule has 1 heteroatoms. The molecule has 0 fully saturated rings. The summed E-state index contributed by atoms with van der Waals surface area (Å²) in [6.07, 6.45) is 1.79. The largest absolute Gasteiger partial charge is 0.262 e. The number of rotatable bonds is 0. The summed E-state index contributed by atoms with van der Waals surface area (Å²) in [6.45, 7) is 12.1. The molecule has 0 saturated heterocycles. The van der Waals surface area contributed by atoms with Crippen molar-refractivity contribution in [1.82, 2.24) is 4.98 Å². The van der Waals surface area contributed by atoms with Crippen molar-refractivity contribution in [2.75, 3.05) is 0 Å². The molecule has 0 saturated carbocycles. The van der Waals surface area contributed by atoms with E-state index in [1.54, 1.807) is 6.20 Å². The maximum atomic E-state index is 3.98. The molecule has 1 heterocycles. The Kier molecular flexibility index (Phi) is 16.0. The van der Waals surface area contributed by atoms with Gasteiger partial charge >= 0.3 is 0 Å². The van der Waals surface area contributed by atoms with E-state index in [1.165, 1.54) is 5.56 Å². The molecule has 0 aliphatic rings. The molecule has 0 unspecified atom stereocenters. The first-order chi connectivity index (χ1) is 8.79. The number of aryl methyl sites for hydroxylation is 2. The van der Waals surface area contributed by atoms with Gasteiger partial charge in [0.15, 0.2) is 0 Å². The highest BCUT2D eigenvalue weighted by Crippen LogP contribution is 1.92. The monoisotopic (exact) mass is 245 g/mol. The van der Waals surface area contributed by atoms with E-state index in [9.17, 15) is 0 Å². The molecule has 1 aromatic carbocycles. The minimum Gasteiger partial charge on any atom is -0.262 e. The zero-order chi connectivity index (χ0) is 14.2. The van der Waals surface area contributed by atoms with Gasteiger partial charge < -0.3 is 0 Å². The minimum absolute atomic E-state index is 1.07. The smallest absolute Gasteiger partial charge is 0.0372 e. The van der Waals surface area contributed by atoms with E-state index >= 15 is 0 Å². The lowest BCUT2D eigenvalue weighted by atomic mass is 10.2. The number of pyridine rings is 1. The van der Waals surface area contributed by atoms with E-state index in [-0.39, 0.29) is 0 Å². The molecular formula is C17H27N. The summed E-state index contributed by atoms with van der Waals surface area (Å²) in [5, 5.41) is 0. The van der Waals surface area contributed by atoms with Crippen LogP contribution < -0.4 is 0 Å². The predicted octanol–water partition coefficient (Wildman–Crippen LogP) is 5.44. The summed E-state index contributed by atoms with van der Waals surface area (Å²) < 4.78 is 0. The van der Waals surface area contributed by atoms with Crippen LogP contribution in [0.25, 0.3) is 0 Å². The summed E-state index contributed by atoms with van der Waals surface area (Å²) in [5.41, 5.74) is 2.39. The van der Waals surface area contributed by atoms with Crippen LogP contribution in [0.5, 0.6) is 0 Å². The first-order valence-corrected chi connectivity index (χ1v) is 6.68. The van der Waals surface area contributed by atoms with E-state index in [2.05, 4.69) is 24.0 Å². The third-order valence-corrected chi connectivity index (χ3v) is 1.75. The molecule has 2 aromatic rings. The molecule has 0 aliphatic carbocycles. The zero-order valence-corrected chi connectivity index (χ0v) is 12.6. The quantitative estimate of drug-likeness (QED) is 0.602. The van der Waals surface area contributed by atoms with Crippen molar-refractivity contribution in [2.45, 2.75) is 41.5 Å². The highest BCUT2D eigenvalue weighted by atomic mass is 14.6. The highest BCUT2D eigenvalue weighted by molar-refractivity contribution is 5.11. The second-order valence-corrected chi connectivity index (χ2v) is 3.13. The van der Waals surface area contributed by atoms with Crippen LogP contribution >= 0.6 is 0 Å². The van der Waals surface area contributed by atoms with Gasteiger partial charge in [-0.3, -0.25) is 4.98 Å². The van der Waals surface area contributed by atoms with Gasteiger partial charge in [0.1, 0.15) is 0 Å². The van der Waals surface area contributed by atoms with Crippen molar-refractivity contribution in [3.05, 3.63) is 66.0 Å². The molecule has 1 nitrogen and oxygen atoms in total. The Bertz CT molecular complexity index is 303. The van der Waals surface area contributed by atoms with E-state index < -0.39 is 0 Å². The lowest BCUT2D eigenvalue weighted by molar-refractivity contribution is 1.20. The number of hydrogen-bond donors (Lipinski definition) is 0. The molecule has 0 radical (unpaired) electrons. The van der Waals surface area contributed by atoms with Crippen LogP contribution in [-0.2, 0) is 0 Å². The Balaban J connectivity index is 0. The Morgan fingerprint density at radius 1 is 0.667 bits per heavy atom. The van der Waals surface area contributed by atoms with Gasteiger partial charge in [0, 0.05) is 11.9 Å². The first-order valence-electron chi connectivity index (χ1n) is 6.68. The molecule has 18 heavy (non-hydrogen) atoms. The van der Waals surface area contributed by atoms with Crippen LogP contribution in [0.2, 0.25) is 0 Å². The fourth-order valence-electron chi connectivity index (χ4n) is 0.983. The number of benzene rings is 1. The summed E-state index contributed by atoms with van der Waals surface area (Å²) in [4.78, 5) is 3.98. The van der Waals surface area contributed by atoms with Gasteiger partial charge in [-0.1, -0.05) is 69.7 Å². The average Bonchev–Trinajstić information content (AvgIpc) is 2.46. The molecule has 2 rings (SSSR count). The molecular weight excluding hydrogens is 218 g/mol. The maximum Gasteiger partial charge on any atom is 0.0372 e. The number of aromatic nitrogens is 1. The molecule has 0 spiro atoms. The van der Waals surface area contributed by atoms with Crippen molar-refractivity contribution >= 4 is 0 Å². The van der Waals surface area contributed by atoms with Crippen molar-refractivity contribution in [2.24, 2.45) is 0 Å². The van der Waals surface area contributed by atoms with E-state index in [0.29, 0.717) is 0 Å². The van der Waals surface area contributed by atoms with E-state index in [0.717, 1.165) is 5.69 Å². The van der Waals surface area contributed by atoms with Crippen molar-refractivity contribution in [3.63, 3.8) is 0 Å². The van der Waals surface area contributed by atoms with Gasteiger partial charge in [0.2, 0.25) is 0 Å². The fourth-order valence-corrected chi connectivity index (χ4v) is 0.983. The highest BCUT2D eigenvalue weighted by Gasteiger charge is 1.73. The topological polar surface area (TPSA) is 12.9 Å². The second kappa shape index (κ2) is 15.4. The van der Waals surface area contributed by atoms with Crippen LogP contribution in [0.3, 0.4) is 0 Å². The molecule has 0 bridgehead atoms. The Labute approximate surface area is 113 Å². The Morgan fingerprint density at radius 3 is 1.39 bits per heavy atom. The molecule has 0 amide bonds. The SMILES string of the molecule is CC.CC.Cc1ccccc1.Cc1ccccn1. The standard InChI is InChI=1S/C7H8.C6H7N.2C2H6/c1-7-5-3-2-4-6-7;1-6-4-2-3-5-7-6;2*1-2/h2-6H,1H3;2-5H,1H3;2*1-2H3. The van der Waals surface area contributed by atoms with Gasteiger partial charge in [0.05, 0.1) is 0 Å². The summed E-state index contributed by atoms with van der Waals surface area (Å²) in [7, 11) is 0. The molecule has 0 N–H and O–H groups in total. The van der Waals surface area contributed by atoms with Crippen LogP contribution in [0, 0.1) is 13.8 Å². The molecule has 0 aliphatic heterocycles. The molecule has 100 valence electrons. The third-order valence-electron chi connectivity index (χ3n) is 1.75.